The van der Waals surface area contributed by atoms with Crippen molar-refractivity contribution >= 4 is 29.3 Å². The molecule has 294 valence electrons. The Morgan fingerprint density at radius 2 is 1.83 bits per heavy atom. The number of fused-ring (bicyclic) bond motifs is 10. The second kappa shape index (κ2) is 15.1. The predicted molar refractivity (Wildman–Crippen MR) is 206 cm³/mol. The third-order valence-corrected chi connectivity index (χ3v) is 14.7. The Balaban J connectivity index is 1.42. The quantitative estimate of drug-likeness (QED) is 0.109. The molecule has 7 rings (SSSR count). The second-order valence-electron chi connectivity index (χ2n) is 17.5. The zero-order valence-corrected chi connectivity index (χ0v) is 33.5. The van der Waals surface area contributed by atoms with E-state index in [2.05, 4.69) is 19.9 Å². The third-order valence-electron chi connectivity index (χ3n) is 14.3. The zero-order valence-electron chi connectivity index (χ0n) is 32.7. The van der Waals surface area contributed by atoms with Crippen LogP contribution in [0.5, 0.6) is 0 Å². The average molecular weight is 766 g/mol. The van der Waals surface area contributed by atoms with Gasteiger partial charge < -0.3 is 24.6 Å². The summed E-state index contributed by atoms with van der Waals surface area (Å²) in [6, 6.07) is 10.1. The number of ether oxygens (including phenoxy) is 2. The number of carbonyl (C=O) groups excluding carboxylic acids is 3. The molecule has 2 N–H and O–H groups in total. The molecule has 5 aliphatic rings. The molecule has 1 heterocycles. The van der Waals surface area contributed by atoms with Gasteiger partial charge in [-0.25, -0.2) is 4.39 Å². The van der Waals surface area contributed by atoms with Crippen molar-refractivity contribution in [1.82, 2.24) is 4.90 Å². The van der Waals surface area contributed by atoms with Gasteiger partial charge in [0.05, 0.1) is 23.7 Å². The van der Waals surface area contributed by atoms with Crippen LogP contribution in [0.2, 0.25) is 5.02 Å². The van der Waals surface area contributed by atoms with Crippen LogP contribution in [0.3, 0.4) is 0 Å². The van der Waals surface area contributed by atoms with Crippen LogP contribution in [0.15, 0.2) is 48.0 Å². The first-order valence-corrected chi connectivity index (χ1v) is 20.0. The lowest BCUT2D eigenvalue weighted by molar-refractivity contribution is -0.177. The van der Waals surface area contributed by atoms with E-state index < -0.39 is 39.4 Å². The van der Waals surface area contributed by atoms with Gasteiger partial charge in [-0.3, -0.25) is 14.4 Å². The number of amides is 1. The first kappa shape index (κ1) is 40.6. The van der Waals surface area contributed by atoms with E-state index in [0.29, 0.717) is 82.9 Å². The predicted octanol–water partition coefficient (Wildman–Crippen LogP) is 7.93. The number of ketones is 1. The maximum atomic E-state index is 15.0. The van der Waals surface area contributed by atoms with Crippen LogP contribution in [0, 0.1) is 22.1 Å². The van der Waals surface area contributed by atoms with E-state index in [1.165, 1.54) is 12.1 Å². The molecule has 1 saturated heterocycles. The molecule has 8 nitrogen and oxygen atoms in total. The number of allylic oxidation sites excluding steroid dienone is 2. The SMILES string of the molecule is COCCCN(C[C@]1(O)CC[C@H]2c3ccc(cc3C(=O)Cc3c(F)cccc3Cl)C[C@@H](O)CCC(C)=CCC[C@@]21C)C(=O)[C@@]12CC[C@@](C)(C(=O)O1)C2(C)C. The van der Waals surface area contributed by atoms with Gasteiger partial charge in [0.1, 0.15) is 5.82 Å². The van der Waals surface area contributed by atoms with Crippen LogP contribution in [-0.2, 0) is 31.9 Å². The first-order chi connectivity index (χ1) is 25.4. The monoisotopic (exact) mass is 765 g/mol. The Morgan fingerprint density at radius 3 is 2.50 bits per heavy atom. The summed E-state index contributed by atoms with van der Waals surface area (Å²) >= 11 is 6.40. The van der Waals surface area contributed by atoms with Crippen molar-refractivity contribution in [2.45, 2.75) is 128 Å². The minimum absolute atomic E-state index is 0.0235. The number of benzene rings is 2. The van der Waals surface area contributed by atoms with Gasteiger partial charge in [-0.05, 0) is 113 Å². The Kier molecular flexibility index (Phi) is 11.3. The van der Waals surface area contributed by atoms with E-state index in [1.54, 1.807) is 18.1 Å². The number of halogens is 2. The van der Waals surface area contributed by atoms with Crippen molar-refractivity contribution in [3.63, 3.8) is 0 Å². The summed E-state index contributed by atoms with van der Waals surface area (Å²) in [4.78, 5) is 44.2. The highest BCUT2D eigenvalue weighted by Gasteiger charge is 2.76. The largest absolute Gasteiger partial charge is 0.448 e. The Bertz CT molecular complexity index is 1810. The van der Waals surface area contributed by atoms with Gasteiger partial charge in [0, 0.05) is 53.7 Å². The highest BCUT2D eigenvalue weighted by Crippen LogP contribution is 2.66. The summed E-state index contributed by atoms with van der Waals surface area (Å²) < 4.78 is 26.4. The zero-order chi connectivity index (χ0) is 39.3. The van der Waals surface area contributed by atoms with Crippen LogP contribution >= 0.6 is 11.6 Å². The minimum Gasteiger partial charge on any atom is -0.448 e. The van der Waals surface area contributed by atoms with Gasteiger partial charge in [-0.15, -0.1) is 0 Å². The minimum atomic E-state index is -1.38. The Hall–Kier alpha value is -3.11. The molecule has 3 fully saturated rings. The first-order valence-electron chi connectivity index (χ1n) is 19.6. The molecule has 4 bridgehead atoms. The van der Waals surface area contributed by atoms with Gasteiger partial charge in [0.25, 0.3) is 5.91 Å². The summed E-state index contributed by atoms with van der Waals surface area (Å²) in [5.74, 6) is -1.77. The van der Waals surface area contributed by atoms with Crippen LogP contribution in [-0.4, -0.2) is 76.9 Å². The molecule has 0 radical (unpaired) electrons. The van der Waals surface area contributed by atoms with E-state index in [-0.39, 0.29) is 47.1 Å². The number of nitrogens with zero attached hydrogens (tertiary/aromatic N) is 1. The molecular formula is C44H57ClFNO7. The molecule has 10 heteroatoms. The number of esters is 1. The fraction of sp³-hybridized carbons (Fsp3) is 0.614. The number of hydrogen-bond donors (Lipinski definition) is 2. The number of carbonyl (C=O) groups is 3. The second-order valence-corrected chi connectivity index (χ2v) is 17.9. The molecule has 1 amide bonds. The van der Waals surface area contributed by atoms with Crippen LogP contribution in [0.4, 0.5) is 4.39 Å². The van der Waals surface area contributed by atoms with E-state index >= 15 is 4.39 Å². The standard InChI is InChI=1S/C44H57ClFNO7/c1-28-10-8-18-41(4)34(31-16-14-29(24-30(48)15-13-28)25-32(31)37(49)26-33-35(45)11-7-12-36(33)46)17-19-43(41,52)27-47(22-9-23-53-6)38(50)44-21-20-42(5,39(51)54-44)40(44,2)3/h7,10-12,14,16,25,30,34,48,52H,8-9,13,15,17-24,26-27H2,1-6H3/t30-,34-,41-,42-,43+,44+/m0/s1. The maximum Gasteiger partial charge on any atom is 0.313 e. The molecule has 4 aliphatic carbocycles. The van der Waals surface area contributed by atoms with Gasteiger partial charge in [-0.2, -0.15) is 0 Å². The average Bonchev–Trinajstić information content (AvgIpc) is 3.55. The van der Waals surface area contributed by atoms with Gasteiger partial charge >= 0.3 is 5.97 Å². The van der Waals surface area contributed by atoms with Crippen LogP contribution in [0.25, 0.3) is 0 Å². The number of aliphatic hydroxyl groups is 2. The van der Waals surface area contributed by atoms with E-state index in [0.717, 1.165) is 16.7 Å². The van der Waals surface area contributed by atoms with E-state index in [9.17, 15) is 24.6 Å². The van der Waals surface area contributed by atoms with Crippen molar-refractivity contribution in [2.75, 3.05) is 26.8 Å². The summed E-state index contributed by atoms with van der Waals surface area (Å²) in [6.45, 7) is 10.7. The molecule has 0 spiro atoms. The van der Waals surface area contributed by atoms with Gasteiger partial charge in [0.15, 0.2) is 11.4 Å². The molecule has 2 saturated carbocycles. The topological polar surface area (TPSA) is 113 Å². The summed E-state index contributed by atoms with van der Waals surface area (Å²) in [5, 5.41) is 24.3. The molecule has 0 aromatic heterocycles. The number of rotatable bonds is 10. The lowest BCUT2D eigenvalue weighted by Crippen LogP contribution is -2.60. The molecule has 6 atom stereocenters. The number of hydrogen-bond acceptors (Lipinski definition) is 7. The summed E-state index contributed by atoms with van der Waals surface area (Å²) in [5.41, 5.74) is -1.79. The fourth-order valence-corrected chi connectivity index (χ4v) is 10.4. The normalized spacial score (nSPS) is 31.8. The molecule has 1 aliphatic heterocycles. The molecule has 54 heavy (non-hydrogen) atoms. The number of methoxy groups -OCH3 is 1. The Morgan fingerprint density at radius 1 is 1.07 bits per heavy atom. The van der Waals surface area contributed by atoms with Crippen molar-refractivity contribution < 1.29 is 38.5 Å². The van der Waals surface area contributed by atoms with Crippen molar-refractivity contribution in [3.05, 3.63) is 81.1 Å². The molecule has 0 unspecified atom stereocenters. The highest BCUT2D eigenvalue weighted by atomic mass is 35.5. The highest BCUT2D eigenvalue weighted by molar-refractivity contribution is 6.31. The fourth-order valence-electron chi connectivity index (χ4n) is 10.1. The summed E-state index contributed by atoms with van der Waals surface area (Å²) in [6.07, 6.45) is 6.58. The van der Waals surface area contributed by atoms with Crippen molar-refractivity contribution in [3.8, 4) is 0 Å². The van der Waals surface area contributed by atoms with Crippen molar-refractivity contribution in [2.24, 2.45) is 16.2 Å². The smallest absolute Gasteiger partial charge is 0.313 e. The summed E-state index contributed by atoms with van der Waals surface area (Å²) in [7, 11) is 1.61. The van der Waals surface area contributed by atoms with E-state index in [4.69, 9.17) is 21.1 Å². The lowest BCUT2D eigenvalue weighted by atomic mass is 9.64. The third kappa shape index (κ3) is 6.75. The maximum absolute atomic E-state index is 15.0. The van der Waals surface area contributed by atoms with Crippen molar-refractivity contribution in [1.29, 1.82) is 0 Å². The molecule has 2 aromatic rings. The van der Waals surface area contributed by atoms with Gasteiger partial charge in [-0.1, -0.05) is 62.2 Å². The number of Topliss-reactive ketones (excluding diaryl/α,β-unsaturated/α-hetero) is 1. The number of aliphatic hydroxyl groups excluding tert-OH is 1. The lowest BCUT2D eigenvalue weighted by Gasteiger charge is -2.47. The molecular weight excluding hydrogens is 709 g/mol. The Labute approximate surface area is 324 Å². The van der Waals surface area contributed by atoms with E-state index in [1.807, 2.05) is 39.0 Å². The van der Waals surface area contributed by atoms with Crippen LogP contribution in [0.1, 0.15) is 125 Å². The van der Waals surface area contributed by atoms with Crippen LogP contribution < -0.4 is 0 Å². The molecule has 2 aromatic carbocycles. The van der Waals surface area contributed by atoms with Gasteiger partial charge in [0.2, 0.25) is 0 Å².